The van der Waals surface area contributed by atoms with Gasteiger partial charge in [-0.25, -0.2) is 0 Å². The van der Waals surface area contributed by atoms with Gasteiger partial charge in [-0.15, -0.1) is 0 Å². The Morgan fingerprint density at radius 2 is 1.42 bits per heavy atom. The van der Waals surface area contributed by atoms with E-state index in [9.17, 15) is 4.79 Å². The molecule has 3 aliphatic rings. The second kappa shape index (κ2) is 24.2. The van der Waals surface area contributed by atoms with Gasteiger partial charge in [-0.1, -0.05) is 112 Å². The average molecular weight is 1020 g/mol. The maximum absolute atomic E-state index is 14.3. The van der Waals surface area contributed by atoms with Crippen LogP contribution in [0.3, 0.4) is 0 Å². The molecule has 0 spiro atoms. The molecule has 0 bridgehead atoms. The van der Waals surface area contributed by atoms with E-state index >= 15 is 0 Å². The zero-order valence-electron chi connectivity index (χ0n) is 41.2. The molecular formula is C55H82O8SiSn. The SMILES string of the molecule is CCC[CH2][Sn]([CH2]/C=C/O[C@H]1CCCO[C@@H]1CC(=O)O[C@@H]1CC2O[C@H](c3ccccc3)OC[C@@]2(C)O[C@@]1(C)CCO[Si](c1ccccc1)(c1ccccc1)C(C)(C)C)([CH2]CCC)[CH2]CCC. The van der Waals surface area contributed by atoms with Crippen LogP contribution in [0.25, 0.3) is 0 Å². The van der Waals surface area contributed by atoms with Crippen LogP contribution in [-0.2, 0) is 37.6 Å². The summed E-state index contributed by atoms with van der Waals surface area (Å²) in [7, 11) is -2.85. The summed E-state index contributed by atoms with van der Waals surface area (Å²) in [4.78, 5) is 14.3. The monoisotopic (exact) mass is 1020 g/mol. The average Bonchev–Trinajstić information content (AvgIpc) is 3.30. The number of carbonyl (C=O) groups is 1. The van der Waals surface area contributed by atoms with Gasteiger partial charge in [0.15, 0.2) is 6.29 Å². The number of benzene rings is 3. The Bertz CT molecular complexity index is 1830. The molecule has 65 heavy (non-hydrogen) atoms. The van der Waals surface area contributed by atoms with E-state index in [2.05, 4.69) is 122 Å². The topological polar surface area (TPSA) is 81.7 Å². The molecule has 1 unspecified atom stereocenters. The molecule has 0 amide bonds. The van der Waals surface area contributed by atoms with Crippen molar-refractivity contribution in [1.29, 1.82) is 0 Å². The van der Waals surface area contributed by atoms with Crippen molar-refractivity contribution in [3.05, 3.63) is 109 Å². The summed E-state index contributed by atoms with van der Waals surface area (Å²) >= 11 is -2.34. The molecule has 3 saturated heterocycles. The molecule has 8 nitrogen and oxygen atoms in total. The van der Waals surface area contributed by atoms with Crippen molar-refractivity contribution in [2.75, 3.05) is 19.8 Å². The van der Waals surface area contributed by atoms with Crippen molar-refractivity contribution < 1.29 is 37.6 Å². The van der Waals surface area contributed by atoms with E-state index < -0.39 is 56.4 Å². The van der Waals surface area contributed by atoms with Crippen molar-refractivity contribution in [2.45, 2.75) is 191 Å². The number of carbonyl (C=O) groups excluding carboxylic acids is 1. The van der Waals surface area contributed by atoms with Crippen LogP contribution >= 0.6 is 0 Å². The van der Waals surface area contributed by atoms with Crippen LogP contribution in [0.4, 0.5) is 0 Å². The van der Waals surface area contributed by atoms with Gasteiger partial charge in [0.1, 0.15) is 5.60 Å². The van der Waals surface area contributed by atoms with Gasteiger partial charge < -0.3 is 13.9 Å². The molecule has 7 atom stereocenters. The second-order valence-electron chi connectivity index (χ2n) is 20.7. The number of fused-ring (bicyclic) bond motifs is 1. The van der Waals surface area contributed by atoms with Crippen molar-refractivity contribution in [1.82, 2.24) is 0 Å². The van der Waals surface area contributed by atoms with E-state index in [1.54, 1.807) is 0 Å². The van der Waals surface area contributed by atoms with E-state index in [0.29, 0.717) is 32.7 Å². The molecule has 0 aliphatic carbocycles. The van der Waals surface area contributed by atoms with E-state index in [0.717, 1.165) is 18.4 Å². The Morgan fingerprint density at radius 3 is 1.98 bits per heavy atom. The maximum atomic E-state index is 14.3. The van der Waals surface area contributed by atoms with Crippen LogP contribution < -0.4 is 10.4 Å². The molecule has 0 N–H and O–H groups in total. The summed E-state index contributed by atoms with van der Waals surface area (Å²) in [6.07, 6.45) is 12.8. The zero-order valence-corrected chi connectivity index (χ0v) is 45.0. The van der Waals surface area contributed by atoms with E-state index in [4.69, 9.17) is 32.8 Å². The van der Waals surface area contributed by atoms with Gasteiger partial charge in [-0.3, -0.25) is 0 Å². The fourth-order valence-electron chi connectivity index (χ4n) is 10.8. The molecule has 0 radical (unpaired) electrons. The van der Waals surface area contributed by atoms with Gasteiger partial charge >= 0.3 is 213 Å². The van der Waals surface area contributed by atoms with Crippen LogP contribution in [0, 0.1) is 0 Å². The predicted molar refractivity (Wildman–Crippen MR) is 268 cm³/mol. The normalized spacial score (nSPS) is 26.4. The van der Waals surface area contributed by atoms with Crippen LogP contribution in [-0.4, -0.2) is 88.1 Å². The molecule has 3 aliphatic heterocycles. The molecule has 0 saturated carbocycles. The van der Waals surface area contributed by atoms with E-state index in [-0.39, 0.29) is 29.6 Å². The number of esters is 1. The third-order valence-corrected chi connectivity index (χ3v) is 34.9. The quantitative estimate of drug-likeness (QED) is 0.0528. The molecular weight excluding hydrogens is 935 g/mol. The fourth-order valence-corrected chi connectivity index (χ4v) is 30.4. The Kier molecular flexibility index (Phi) is 19.3. The molecule has 358 valence electrons. The fraction of sp³-hybridized carbons (Fsp3) is 0.618. The first-order valence-corrected chi connectivity index (χ1v) is 35.2. The minimum atomic E-state index is -2.85. The van der Waals surface area contributed by atoms with Crippen molar-refractivity contribution in [3.8, 4) is 0 Å². The van der Waals surface area contributed by atoms with Crippen LogP contribution in [0.1, 0.15) is 138 Å². The molecule has 10 heteroatoms. The minimum absolute atomic E-state index is 0.106. The standard InChI is InChI=1S/C43H55O8Si.3C4H9.Sn/c1-7-26-45-35-24-17-27-46-36(35)29-39(44)49-37-30-38-43(6,31-47-40(50-38)32-18-11-8-12-19-32)51-42(37,5)25-28-48-52(41(2,3)4,33-20-13-9-14-21-33)34-22-15-10-16-23-34;3*1-3-4-2;/h7-16,18-23,26,35-38,40H,1,17,24-25,27-31H2,2-6H3;3*1,3-4H2,2H3;/b26-7+;;;;/t35-,36+,37+,38?,40+,42-,43+;;;;/m0..../s1. The van der Waals surface area contributed by atoms with Crippen molar-refractivity contribution >= 4 is 43.0 Å². The number of rotatable bonds is 23. The number of allylic oxidation sites excluding steroid dienone is 1. The van der Waals surface area contributed by atoms with Crippen molar-refractivity contribution in [2.24, 2.45) is 0 Å². The van der Waals surface area contributed by atoms with Gasteiger partial charge in [-0.05, 0) is 22.3 Å². The molecule has 3 heterocycles. The number of unbranched alkanes of at least 4 members (excludes halogenated alkanes) is 3. The third-order valence-electron chi connectivity index (χ3n) is 14.6. The summed E-state index contributed by atoms with van der Waals surface area (Å²) in [6.45, 7) is 19.3. The van der Waals surface area contributed by atoms with Crippen LogP contribution in [0.2, 0.25) is 22.8 Å². The number of hydrogen-bond donors (Lipinski definition) is 0. The Balaban J connectivity index is 1.20. The van der Waals surface area contributed by atoms with Gasteiger partial charge in [0.25, 0.3) is 8.32 Å². The summed E-state index contributed by atoms with van der Waals surface area (Å²) in [5.74, 6) is -0.314. The predicted octanol–water partition coefficient (Wildman–Crippen LogP) is 12.2. The van der Waals surface area contributed by atoms with E-state index in [1.165, 1.54) is 66.6 Å². The first-order valence-electron chi connectivity index (χ1n) is 25.2. The summed E-state index contributed by atoms with van der Waals surface area (Å²) in [6, 6.07) is 31.4. The van der Waals surface area contributed by atoms with Gasteiger partial charge in [-0.2, -0.15) is 0 Å². The van der Waals surface area contributed by atoms with Crippen LogP contribution in [0.15, 0.2) is 103 Å². The summed E-state index contributed by atoms with van der Waals surface area (Å²) < 4.78 is 52.8. The molecule has 6 rings (SSSR count). The summed E-state index contributed by atoms with van der Waals surface area (Å²) in [5, 5.41) is 2.25. The van der Waals surface area contributed by atoms with Crippen molar-refractivity contribution in [3.63, 3.8) is 0 Å². The molecule has 0 aromatic heterocycles. The third kappa shape index (κ3) is 13.2. The summed E-state index contributed by atoms with van der Waals surface area (Å²) in [5.41, 5.74) is -0.734. The number of ether oxygens (including phenoxy) is 6. The Morgan fingerprint density at radius 1 is 0.831 bits per heavy atom. The van der Waals surface area contributed by atoms with Crippen LogP contribution in [0.5, 0.6) is 0 Å². The first-order chi connectivity index (χ1) is 31.3. The molecule has 3 aromatic rings. The van der Waals surface area contributed by atoms with Gasteiger partial charge in [0.05, 0.1) is 6.61 Å². The second-order valence-corrected chi connectivity index (χ2v) is 39.0. The Labute approximate surface area is 397 Å². The Hall–Kier alpha value is -2.51. The molecule has 3 fully saturated rings. The zero-order chi connectivity index (χ0) is 46.4. The number of hydrogen-bond acceptors (Lipinski definition) is 8. The van der Waals surface area contributed by atoms with E-state index in [1.807, 2.05) is 36.6 Å². The molecule has 3 aromatic carbocycles. The van der Waals surface area contributed by atoms with Gasteiger partial charge in [0, 0.05) is 12.2 Å². The first kappa shape index (κ1) is 51.9. The van der Waals surface area contributed by atoms with Gasteiger partial charge in [0.2, 0.25) is 0 Å².